The van der Waals surface area contributed by atoms with Crippen molar-refractivity contribution in [3.05, 3.63) is 47.8 Å². The minimum absolute atomic E-state index is 0.0597. The summed E-state index contributed by atoms with van der Waals surface area (Å²) in [4.78, 5) is 16.9. The van der Waals surface area contributed by atoms with Gasteiger partial charge in [-0.15, -0.1) is 21.5 Å². The number of piperidine rings is 1. The highest BCUT2D eigenvalue weighted by Gasteiger charge is 2.25. The fourth-order valence-electron chi connectivity index (χ4n) is 2.91. The second-order valence-electron chi connectivity index (χ2n) is 5.93. The highest BCUT2D eigenvalue weighted by molar-refractivity contribution is 7.13. The molecule has 3 heterocycles. The number of carbonyl (C=O) groups is 1. The lowest BCUT2D eigenvalue weighted by Crippen LogP contribution is -2.41. The smallest absolute Gasteiger partial charge is 0.321 e. The van der Waals surface area contributed by atoms with Crippen LogP contribution in [0.3, 0.4) is 0 Å². The molecule has 1 aromatic carbocycles. The molecule has 4 rings (SSSR count). The van der Waals surface area contributed by atoms with E-state index < -0.39 is 0 Å². The Hall–Kier alpha value is -2.74. The first-order valence-corrected chi connectivity index (χ1v) is 9.12. The van der Waals surface area contributed by atoms with Gasteiger partial charge in [-0.2, -0.15) is 4.80 Å². The summed E-state index contributed by atoms with van der Waals surface area (Å²) in [6.45, 7) is 1.36. The number of aromatic nitrogens is 4. The van der Waals surface area contributed by atoms with Gasteiger partial charge in [-0.1, -0.05) is 24.3 Å². The predicted molar refractivity (Wildman–Crippen MR) is 96.4 cm³/mol. The van der Waals surface area contributed by atoms with Gasteiger partial charge in [0.1, 0.15) is 0 Å². The maximum absolute atomic E-state index is 12.3. The molecule has 8 heteroatoms. The van der Waals surface area contributed by atoms with E-state index in [4.69, 9.17) is 0 Å². The quantitative estimate of drug-likeness (QED) is 0.783. The highest BCUT2D eigenvalue weighted by atomic mass is 32.1. The minimum atomic E-state index is -0.0597. The zero-order valence-electron chi connectivity index (χ0n) is 13.6. The minimum Gasteiger partial charge on any atom is -0.324 e. The molecular weight excluding hydrogens is 336 g/mol. The summed E-state index contributed by atoms with van der Waals surface area (Å²) in [7, 11) is 0. The van der Waals surface area contributed by atoms with E-state index in [0.29, 0.717) is 18.9 Å². The number of thiophene rings is 1. The number of amides is 2. The zero-order valence-corrected chi connectivity index (χ0v) is 14.4. The number of anilines is 1. The van der Waals surface area contributed by atoms with Crippen LogP contribution in [0.25, 0.3) is 10.7 Å². The van der Waals surface area contributed by atoms with Crippen LogP contribution in [0.15, 0.2) is 47.8 Å². The number of hydrogen-bond acceptors (Lipinski definition) is 5. The van der Waals surface area contributed by atoms with E-state index in [1.807, 2.05) is 52.7 Å². The van der Waals surface area contributed by atoms with E-state index in [0.717, 1.165) is 23.4 Å². The van der Waals surface area contributed by atoms with E-state index in [-0.39, 0.29) is 12.1 Å². The fourth-order valence-corrected chi connectivity index (χ4v) is 3.56. The topological polar surface area (TPSA) is 75.9 Å². The summed E-state index contributed by atoms with van der Waals surface area (Å²) >= 11 is 1.60. The molecule has 128 valence electrons. The summed E-state index contributed by atoms with van der Waals surface area (Å²) in [6.07, 6.45) is 1.64. The number of urea groups is 1. The van der Waals surface area contributed by atoms with E-state index in [1.165, 1.54) is 0 Å². The number of nitrogens with zero attached hydrogens (tertiary/aromatic N) is 5. The molecule has 0 bridgehead atoms. The molecule has 1 saturated heterocycles. The molecule has 1 N–H and O–H groups in total. The maximum Gasteiger partial charge on any atom is 0.321 e. The number of para-hydroxylation sites is 1. The molecule has 25 heavy (non-hydrogen) atoms. The summed E-state index contributed by atoms with van der Waals surface area (Å²) in [5, 5.41) is 17.8. The number of nitrogens with one attached hydrogen (secondary N) is 1. The van der Waals surface area contributed by atoms with Crippen molar-refractivity contribution in [1.29, 1.82) is 0 Å². The van der Waals surface area contributed by atoms with Crippen molar-refractivity contribution >= 4 is 23.1 Å². The molecule has 2 aromatic heterocycles. The molecule has 0 spiro atoms. The SMILES string of the molecule is O=C(Nc1ccccc1)N1CCC(n2nnc(-c3cccs3)n2)CC1. The van der Waals surface area contributed by atoms with Gasteiger partial charge in [0.05, 0.1) is 10.9 Å². The van der Waals surface area contributed by atoms with Crippen molar-refractivity contribution in [3.8, 4) is 10.7 Å². The Labute approximate surface area is 149 Å². The lowest BCUT2D eigenvalue weighted by molar-refractivity contribution is 0.175. The molecule has 1 aliphatic rings. The molecule has 3 aromatic rings. The van der Waals surface area contributed by atoms with Gasteiger partial charge in [0.2, 0.25) is 5.82 Å². The number of benzene rings is 1. The van der Waals surface area contributed by atoms with Crippen molar-refractivity contribution < 1.29 is 4.79 Å². The van der Waals surface area contributed by atoms with Gasteiger partial charge < -0.3 is 10.2 Å². The van der Waals surface area contributed by atoms with Gasteiger partial charge in [-0.05, 0) is 41.6 Å². The third-order valence-electron chi connectivity index (χ3n) is 4.27. The van der Waals surface area contributed by atoms with Gasteiger partial charge in [0, 0.05) is 18.8 Å². The Bertz CT molecular complexity index is 824. The van der Waals surface area contributed by atoms with Crippen LogP contribution in [0.5, 0.6) is 0 Å². The maximum atomic E-state index is 12.3. The summed E-state index contributed by atoms with van der Waals surface area (Å²) in [5.74, 6) is 0.666. The third kappa shape index (κ3) is 3.53. The van der Waals surface area contributed by atoms with E-state index in [2.05, 4.69) is 20.7 Å². The molecule has 7 nitrogen and oxygen atoms in total. The van der Waals surface area contributed by atoms with Gasteiger partial charge in [-0.3, -0.25) is 0 Å². The number of tetrazole rings is 1. The van der Waals surface area contributed by atoms with Crippen molar-refractivity contribution in [2.75, 3.05) is 18.4 Å². The van der Waals surface area contributed by atoms with E-state index in [1.54, 1.807) is 16.1 Å². The molecule has 0 radical (unpaired) electrons. The summed E-state index contributed by atoms with van der Waals surface area (Å²) in [5.41, 5.74) is 0.813. The monoisotopic (exact) mass is 354 g/mol. The lowest BCUT2D eigenvalue weighted by Gasteiger charge is -2.31. The van der Waals surface area contributed by atoms with Crippen LogP contribution >= 0.6 is 11.3 Å². The predicted octanol–water partition coefficient (Wildman–Crippen LogP) is 3.27. The number of hydrogen-bond donors (Lipinski definition) is 1. The Morgan fingerprint density at radius 2 is 1.92 bits per heavy atom. The van der Waals surface area contributed by atoms with Gasteiger partial charge >= 0.3 is 6.03 Å². The lowest BCUT2D eigenvalue weighted by atomic mass is 10.1. The molecule has 2 amide bonds. The molecule has 1 aliphatic heterocycles. The highest BCUT2D eigenvalue weighted by Crippen LogP contribution is 2.24. The average molecular weight is 354 g/mol. The molecule has 1 fully saturated rings. The molecule has 0 aliphatic carbocycles. The first-order chi connectivity index (χ1) is 12.3. The second kappa shape index (κ2) is 7.02. The fraction of sp³-hybridized carbons (Fsp3) is 0.294. The van der Waals surface area contributed by atoms with Crippen LogP contribution < -0.4 is 5.32 Å². The van der Waals surface area contributed by atoms with Crippen molar-refractivity contribution in [1.82, 2.24) is 25.1 Å². The van der Waals surface area contributed by atoms with Crippen LogP contribution in [0, 0.1) is 0 Å². The van der Waals surface area contributed by atoms with Crippen LogP contribution in [-0.4, -0.2) is 44.2 Å². The second-order valence-corrected chi connectivity index (χ2v) is 6.87. The Morgan fingerprint density at radius 3 is 2.64 bits per heavy atom. The molecule has 0 unspecified atom stereocenters. The van der Waals surface area contributed by atoms with Crippen molar-refractivity contribution in [2.45, 2.75) is 18.9 Å². The number of carbonyl (C=O) groups excluding carboxylic acids is 1. The first kappa shape index (κ1) is 15.8. The third-order valence-corrected chi connectivity index (χ3v) is 5.14. The van der Waals surface area contributed by atoms with Crippen LogP contribution in [-0.2, 0) is 0 Å². The standard InChI is InChI=1S/C17H18N6OS/c24-17(18-13-5-2-1-3-6-13)22-10-8-14(9-11-22)23-20-16(19-21-23)15-7-4-12-25-15/h1-7,12,14H,8-11H2,(H,18,24). The molecular formula is C17H18N6OS. The van der Waals surface area contributed by atoms with Crippen LogP contribution in [0.4, 0.5) is 10.5 Å². The summed E-state index contributed by atoms with van der Waals surface area (Å²) < 4.78 is 0. The van der Waals surface area contributed by atoms with Crippen LogP contribution in [0.1, 0.15) is 18.9 Å². The zero-order chi connectivity index (χ0) is 17.1. The largest absolute Gasteiger partial charge is 0.324 e. The van der Waals surface area contributed by atoms with E-state index >= 15 is 0 Å². The average Bonchev–Trinajstić information content (AvgIpc) is 3.34. The normalized spacial score (nSPS) is 15.3. The van der Waals surface area contributed by atoms with Crippen LogP contribution in [0.2, 0.25) is 0 Å². The summed E-state index contributed by atoms with van der Waals surface area (Å²) in [6, 6.07) is 13.6. The number of likely N-dealkylation sites (tertiary alicyclic amines) is 1. The van der Waals surface area contributed by atoms with E-state index in [9.17, 15) is 4.79 Å². The Morgan fingerprint density at radius 1 is 1.12 bits per heavy atom. The van der Waals surface area contributed by atoms with Gasteiger partial charge in [0.15, 0.2) is 0 Å². The Kier molecular flexibility index (Phi) is 4.43. The molecule has 0 atom stereocenters. The number of rotatable bonds is 3. The first-order valence-electron chi connectivity index (χ1n) is 8.24. The van der Waals surface area contributed by atoms with Gasteiger partial charge in [0.25, 0.3) is 0 Å². The van der Waals surface area contributed by atoms with Gasteiger partial charge in [-0.25, -0.2) is 4.79 Å². The Balaban J connectivity index is 1.34. The van der Waals surface area contributed by atoms with Crippen molar-refractivity contribution in [2.24, 2.45) is 0 Å². The molecule has 0 saturated carbocycles. The van der Waals surface area contributed by atoms with Crippen molar-refractivity contribution in [3.63, 3.8) is 0 Å².